The lowest BCUT2D eigenvalue weighted by atomic mass is 10.1. The third kappa shape index (κ3) is 2.19. The predicted octanol–water partition coefficient (Wildman–Crippen LogP) is 2.07. The molecule has 3 nitrogen and oxygen atoms in total. The summed E-state index contributed by atoms with van der Waals surface area (Å²) in [6.07, 6.45) is 0. The molecule has 1 fully saturated rings. The van der Waals surface area contributed by atoms with Crippen LogP contribution < -0.4 is 10.6 Å². The van der Waals surface area contributed by atoms with Gasteiger partial charge in [0, 0.05) is 18.8 Å². The lowest BCUT2D eigenvalue weighted by Gasteiger charge is -2.30. The van der Waals surface area contributed by atoms with Gasteiger partial charge in [0.05, 0.1) is 23.9 Å². The molecular weight excluding hydrogens is 212 g/mol. The summed E-state index contributed by atoms with van der Waals surface area (Å²) in [6, 6.07) is 3.87. The number of morpholine rings is 1. The van der Waals surface area contributed by atoms with Gasteiger partial charge < -0.3 is 15.4 Å². The van der Waals surface area contributed by atoms with Gasteiger partial charge in [-0.1, -0.05) is 11.6 Å². The van der Waals surface area contributed by atoms with Crippen LogP contribution in [-0.2, 0) is 4.74 Å². The zero-order valence-electron chi connectivity index (χ0n) is 8.79. The lowest BCUT2D eigenvalue weighted by Crippen LogP contribution is -2.36. The molecule has 1 aliphatic heterocycles. The molecule has 2 rings (SSSR count). The van der Waals surface area contributed by atoms with E-state index in [2.05, 4.69) is 11.8 Å². The SMILES string of the molecule is Cc1cc(N)c(Cl)cc1N1CCOCC1. The molecule has 1 heterocycles. The Bertz CT molecular complexity index is 362. The lowest BCUT2D eigenvalue weighted by molar-refractivity contribution is 0.122. The van der Waals surface area contributed by atoms with E-state index < -0.39 is 0 Å². The number of rotatable bonds is 1. The molecule has 1 saturated heterocycles. The van der Waals surface area contributed by atoms with E-state index in [0.29, 0.717) is 10.7 Å². The molecule has 4 heteroatoms. The van der Waals surface area contributed by atoms with Gasteiger partial charge >= 0.3 is 0 Å². The molecule has 0 aromatic heterocycles. The van der Waals surface area contributed by atoms with E-state index >= 15 is 0 Å². The fraction of sp³-hybridized carbons (Fsp3) is 0.455. The van der Waals surface area contributed by atoms with Crippen molar-refractivity contribution in [1.82, 2.24) is 0 Å². The maximum atomic E-state index is 6.02. The van der Waals surface area contributed by atoms with Crippen LogP contribution in [0.1, 0.15) is 5.56 Å². The number of nitrogens with zero attached hydrogens (tertiary/aromatic N) is 1. The highest BCUT2D eigenvalue weighted by Crippen LogP contribution is 2.29. The van der Waals surface area contributed by atoms with Gasteiger partial charge in [-0.3, -0.25) is 0 Å². The Morgan fingerprint density at radius 3 is 2.67 bits per heavy atom. The van der Waals surface area contributed by atoms with Crippen LogP contribution in [0.5, 0.6) is 0 Å². The highest BCUT2D eigenvalue weighted by atomic mass is 35.5. The first-order valence-corrected chi connectivity index (χ1v) is 5.44. The first-order valence-electron chi connectivity index (χ1n) is 5.07. The second-order valence-electron chi connectivity index (χ2n) is 3.76. The molecule has 0 atom stereocenters. The number of hydrogen-bond donors (Lipinski definition) is 1. The second kappa shape index (κ2) is 4.29. The smallest absolute Gasteiger partial charge is 0.0656 e. The van der Waals surface area contributed by atoms with Crippen molar-refractivity contribution in [3.05, 3.63) is 22.7 Å². The van der Waals surface area contributed by atoms with E-state index in [0.717, 1.165) is 32.0 Å². The first-order chi connectivity index (χ1) is 7.18. The Labute approximate surface area is 94.8 Å². The van der Waals surface area contributed by atoms with Crippen LogP contribution in [0.3, 0.4) is 0 Å². The molecule has 0 saturated carbocycles. The normalized spacial score (nSPS) is 16.8. The fourth-order valence-electron chi connectivity index (χ4n) is 1.84. The van der Waals surface area contributed by atoms with Gasteiger partial charge in [-0.05, 0) is 24.6 Å². The minimum absolute atomic E-state index is 0.627. The molecule has 1 aromatic rings. The van der Waals surface area contributed by atoms with E-state index in [1.54, 1.807) is 0 Å². The summed E-state index contributed by atoms with van der Waals surface area (Å²) in [4.78, 5) is 2.28. The number of nitrogens with two attached hydrogens (primary N) is 1. The molecule has 0 aliphatic carbocycles. The Hall–Kier alpha value is -0.930. The Morgan fingerprint density at radius 2 is 2.00 bits per heavy atom. The van der Waals surface area contributed by atoms with E-state index in [1.807, 2.05) is 12.1 Å². The molecular formula is C11H15ClN2O. The molecule has 0 amide bonds. The van der Waals surface area contributed by atoms with Crippen LogP contribution in [0, 0.1) is 6.92 Å². The summed E-state index contributed by atoms with van der Waals surface area (Å²) in [5.74, 6) is 0. The van der Waals surface area contributed by atoms with Crippen LogP contribution in [0.2, 0.25) is 5.02 Å². The maximum Gasteiger partial charge on any atom is 0.0656 e. The molecule has 1 aromatic carbocycles. The molecule has 82 valence electrons. The number of anilines is 2. The average molecular weight is 227 g/mol. The number of nitrogen functional groups attached to an aromatic ring is 1. The third-order valence-corrected chi connectivity index (χ3v) is 2.99. The van der Waals surface area contributed by atoms with E-state index in [1.165, 1.54) is 5.56 Å². The maximum absolute atomic E-state index is 6.02. The zero-order chi connectivity index (χ0) is 10.8. The van der Waals surface area contributed by atoms with E-state index in [9.17, 15) is 0 Å². The van der Waals surface area contributed by atoms with E-state index in [-0.39, 0.29) is 0 Å². The summed E-state index contributed by atoms with van der Waals surface area (Å²) in [7, 11) is 0. The molecule has 2 N–H and O–H groups in total. The van der Waals surface area contributed by atoms with Gasteiger partial charge in [-0.2, -0.15) is 0 Å². The summed E-state index contributed by atoms with van der Waals surface area (Å²) < 4.78 is 5.32. The van der Waals surface area contributed by atoms with Gasteiger partial charge in [0.25, 0.3) is 0 Å². The van der Waals surface area contributed by atoms with Crippen LogP contribution in [0.4, 0.5) is 11.4 Å². The highest BCUT2D eigenvalue weighted by Gasteiger charge is 2.14. The van der Waals surface area contributed by atoms with Gasteiger partial charge in [0.1, 0.15) is 0 Å². The Kier molecular flexibility index (Phi) is 3.03. The molecule has 1 aliphatic rings. The summed E-state index contributed by atoms with van der Waals surface area (Å²) in [6.45, 7) is 5.45. The molecule has 0 radical (unpaired) electrons. The number of halogens is 1. The van der Waals surface area contributed by atoms with Crippen LogP contribution in [0.15, 0.2) is 12.1 Å². The quantitative estimate of drug-likeness (QED) is 0.746. The third-order valence-electron chi connectivity index (χ3n) is 2.67. The summed E-state index contributed by atoms with van der Waals surface area (Å²) in [5, 5.41) is 0.627. The number of ether oxygens (including phenoxy) is 1. The predicted molar refractivity (Wildman–Crippen MR) is 63.6 cm³/mol. The van der Waals surface area contributed by atoms with Gasteiger partial charge in [0.2, 0.25) is 0 Å². The molecule has 0 bridgehead atoms. The standard InChI is InChI=1S/C11H15ClN2O/c1-8-6-10(13)9(12)7-11(8)14-2-4-15-5-3-14/h6-7H,2-5,13H2,1H3. The van der Waals surface area contributed by atoms with Gasteiger partial charge in [-0.15, -0.1) is 0 Å². The molecule has 0 unspecified atom stereocenters. The van der Waals surface area contributed by atoms with Crippen molar-refractivity contribution in [2.24, 2.45) is 0 Å². The van der Waals surface area contributed by atoms with Crippen molar-refractivity contribution in [2.75, 3.05) is 36.9 Å². The summed E-state index contributed by atoms with van der Waals surface area (Å²) >= 11 is 6.02. The van der Waals surface area contributed by atoms with Crippen molar-refractivity contribution in [3.8, 4) is 0 Å². The molecule has 15 heavy (non-hydrogen) atoms. The largest absolute Gasteiger partial charge is 0.398 e. The monoisotopic (exact) mass is 226 g/mol. The van der Waals surface area contributed by atoms with Crippen LogP contribution >= 0.6 is 11.6 Å². The summed E-state index contributed by atoms with van der Waals surface area (Å²) in [5.41, 5.74) is 8.72. The van der Waals surface area contributed by atoms with Crippen molar-refractivity contribution < 1.29 is 4.74 Å². The van der Waals surface area contributed by atoms with Gasteiger partial charge in [0.15, 0.2) is 0 Å². The van der Waals surface area contributed by atoms with Crippen molar-refractivity contribution in [3.63, 3.8) is 0 Å². The van der Waals surface area contributed by atoms with Crippen LogP contribution in [0.25, 0.3) is 0 Å². The van der Waals surface area contributed by atoms with Gasteiger partial charge in [-0.25, -0.2) is 0 Å². The minimum atomic E-state index is 0.627. The van der Waals surface area contributed by atoms with Crippen molar-refractivity contribution >= 4 is 23.0 Å². The first kappa shape index (κ1) is 10.6. The van der Waals surface area contributed by atoms with Crippen molar-refractivity contribution in [1.29, 1.82) is 0 Å². The van der Waals surface area contributed by atoms with Crippen LogP contribution in [-0.4, -0.2) is 26.3 Å². The highest BCUT2D eigenvalue weighted by molar-refractivity contribution is 6.33. The van der Waals surface area contributed by atoms with Crippen molar-refractivity contribution in [2.45, 2.75) is 6.92 Å². The second-order valence-corrected chi connectivity index (χ2v) is 4.17. The Balaban J connectivity index is 2.30. The van der Waals surface area contributed by atoms with E-state index in [4.69, 9.17) is 22.1 Å². The minimum Gasteiger partial charge on any atom is -0.398 e. The topological polar surface area (TPSA) is 38.5 Å². The molecule has 0 spiro atoms. The number of aryl methyl sites for hydroxylation is 1. The number of hydrogen-bond acceptors (Lipinski definition) is 3. The zero-order valence-corrected chi connectivity index (χ0v) is 9.55. The fourth-order valence-corrected chi connectivity index (χ4v) is 2.00. The average Bonchev–Trinajstić information content (AvgIpc) is 2.25. The number of benzene rings is 1. The Morgan fingerprint density at radius 1 is 1.33 bits per heavy atom.